The van der Waals surface area contributed by atoms with Gasteiger partial charge in [0.05, 0.1) is 37.7 Å². The molecule has 1 atom stereocenters. The highest BCUT2D eigenvalue weighted by Gasteiger charge is 2.35. The van der Waals surface area contributed by atoms with E-state index in [-0.39, 0.29) is 24.6 Å². The average molecular weight is 340 g/mol. The molecule has 0 N–H and O–H groups in total. The molecular formula is C13H17Cl3N2O2. The topological polar surface area (TPSA) is 29.5 Å². The Morgan fingerprint density at radius 2 is 1.95 bits per heavy atom. The molecule has 0 unspecified atom stereocenters. The average Bonchev–Trinajstić information content (AvgIpc) is 2.61. The molecule has 1 amide bonds. The number of amides is 1. The number of halogens is 3. The summed E-state index contributed by atoms with van der Waals surface area (Å²) in [6.45, 7) is 1.30. The van der Waals surface area contributed by atoms with Gasteiger partial charge in [0.1, 0.15) is 6.54 Å². The Balaban J connectivity index is 0.00000200. The fourth-order valence-electron chi connectivity index (χ4n) is 2.09. The molecule has 2 rings (SSSR count). The van der Waals surface area contributed by atoms with Crippen molar-refractivity contribution in [1.82, 2.24) is 0 Å². The first-order chi connectivity index (χ1) is 8.76. The van der Waals surface area contributed by atoms with Gasteiger partial charge in [-0.25, -0.2) is 4.79 Å². The van der Waals surface area contributed by atoms with Gasteiger partial charge in [-0.2, -0.15) is 0 Å². The van der Waals surface area contributed by atoms with Crippen molar-refractivity contribution in [2.45, 2.75) is 6.10 Å². The van der Waals surface area contributed by atoms with Crippen molar-refractivity contribution < 1.29 is 26.4 Å². The van der Waals surface area contributed by atoms with Gasteiger partial charge in [0.15, 0.2) is 6.10 Å². The maximum Gasteiger partial charge on any atom is 0.414 e. The number of ether oxygens (including phenoxy) is 1. The first kappa shape index (κ1) is 17.4. The molecule has 1 saturated heterocycles. The Morgan fingerprint density at radius 1 is 1.30 bits per heavy atom. The summed E-state index contributed by atoms with van der Waals surface area (Å²) in [7, 11) is 6.20. The summed E-state index contributed by atoms with van der Waals surface area (Å²) in [5.74, 6) is 0. The number of benzene rings is 1. The third-order valence-corrected chi connectivity index (χ3v) is 3.58. The quantitative estimate of drug-likeness (QED) is 0.727. The van der Waals surface area contributed by atoms with Crippen LogP contribution in [-0.2, 0) is 4.74 Å². The van der Waals surface area contributed by atoms with Crippen LogP contribution in [0.4, 0.5) is 10.5 Å². The summed E-state index contributed by atoms with van der Waals surface area (Å²) >= 11 is 11.8. The number of cyclic esters (lactones) is 1. The maximum atomic E-state index is 11.9. The standard InChI is InChI=1S/C13H17Cl2N2O2.ClH/c1-17(2,3)8-10-7-16(13(18)19-10)9-4-5-11(14)12(15)6-9;/h4-6,10H,7-8H2,1-3H3;1H/q+1;/p-1/t10-;/m1./s1. The van der Waals surface area contributed by atoms with Gasteiger partial charge >= 0.3 is 6.09 Å². The van der Waals surface area contributed by atoms with E-state index in [1.807, 2.05) is 0 Å². The minimum absolute atomic E-state index is 0. The van der Waals surface area contributed by atoms with Crippen molar-refractivity contribution in [2.75, 3.05) is 39.1 Å². The summed E-state index contributed by atoms with van der Waals surface area (Å²) in [5, 5.41) is 0.905. The van der Waals surface area contributed by atoms with Crippen molar-refractivity contribution in [2.24, 2.45) is 0 Å². The molecule has 1 aromatic rings. The second-order valence-electron chi connectivity index (χ2n) is 5.69. The molecule has 1 aliphatic rings. The van der Waals surface area contributed by atoms with Crippen LogP contribution in [0.1, 0.15) is 0 Å². The third kappa shape index (κ3) is 4.16. The van der Waals surface area contributed by atoms with Crippen LogP contribution in [0, 0.1) is 0 Å². The fraction of sp³-hybridized carbons (Fsp3) is 0.462. The zero-order chi connectivity index (χ0) is 14.2. The highest BCUT2D eigenvalue weighted by molar-refractivity contribution is 6.42. The number of carbonyl (C=O) groups is 1. The number of anilines is 1. The Kier molecular flexibility index (Phi) is 5.55. The Bertz CT molecular complexity index is 503. The van der Waals surface area contributed by atoms with Crippen molar-refractivity contribution >= 4 is 35.0 Å². The van der Waals surface area contributed by atoms with Gasteiger partial charge in [0.25, 0.3) is 0 Å². The minimum Gasteiger partial charge on any atom is -1.00 e. The predicted octanol–water partition coefficient (Wildman–Crippen LogP) is 0.0288. The van der Waals surface area contributed by atoms with Gasteiger partial charge in [0, 0.05) is 5.69 Å². The molecular weight excluding hydrogens is 323 g/mol. The monoisotopic (exact) mass is 338 g/mol. The van der Waals surface area contributed by atoms with Gasteiger partial charge in [-0.3, -0.25) is 4.90 Å². The molecule has 0 saturated carbocycles. The van der Waals surface area contributed by atoms with Crippen LogP contribution in [-0.4, -0.2) is 50.9 Å². The number of carbonyl (C=O) groups excluding carboxylic acids is 1. The van der Waals surface area contributed by atoms with Crippen LogP contribution in [0.25, 0.3) is 0 Å². The molecule has 0 aliphatic carbocycles. The maximum absolute atomic E-state index is 11.9. The lowest BCUT2D eigenvalue weighted by Crippen LogP contribution is -3.00. The number of likely N-dealkylation sites (N-methyl/N-ethyl adjacent to an activating group) is 1. The third-order valence-electron chi connectivity index (χ3n) is 2.84. The molecule has 1 aromatic carbocycles. The first-order valence-corrected chi connectivity index (χ1v) is 6.75. The molecule has 20 heavy (non-hydrogen) atoms. The van der Waals surface area contributed by atoms with E-state index in [9.17, 15) is 4.79 Å². The molecule has 1 fully saturated rings. The highest BCUT2D eigenvalue weighted by atomic mass is 35.5. The lowest BCUT2D eigenvalue weighted by atomic mass is 10.2. The van der Waals surface area contributed by atoms with E-state index in [2.05, 4.69) is 21.1 Å². The summed E-state index contributed by atoms with van der Waals surface area (Å²) in [5.41, 5.74) is 0.711. The SMILES string of the molecule is C[N+](C)(C)C[C@H]1CN(c2ccc(Cl)c(Cl)c2)C(=O)O1.[Cl-]. The van der Waals surface area contributed by atoms with Crippen molar-refractivity contribution in [1.29, 1.82) is 0 Å². The van der Waals surface area contributed by atoms with Gasteiger partial charge in [-0.1, -0.05) is 23.2 Å². The van der Waals surface area contributed by atoms with Crippen LogP contribution in [0.3, 0.4) is 0 Å². The van der Waals surface area contributed by atoms with Crippen molar-refractivity contribution in [3.63, 3.8) is 0 Å². The van der Waals surface area contributed by atoms with Gasteiger partial charge in [-0.05, 0) is 18.2 Å². The van der Waals surface area contributed by atoms with Crippen LogP contribution in [0.5, 0.6) is 0 Å². The molecule has 0 spiro atoms. The number of rotatable bonds is 3. The second-order valence-corrected chi connectivity index (χ2v) is 6.50. The van der Waals surface area contributed by atoms with Crippen LogP contribution >= 0.6 is 23.2 Å². The van der Waals surface area contributed by atoms with Crippen LogP contribution in [0.2, 0.25) is 10.0 Å². The molecule has 0 radical (unpaired) electrons. The van der Waals surface area contributed by atoms with Gasteiger partial charge in [-0.15, -0.1) is 0 Å². The van der Waals surface area contributed by atoms with Gasteiger partial charge in [0.2, 0.25) is 0 Å². The zero-order valence-electron chi connectivity index (χ0n) is 11.6. The Hall–Kier alpha value is -0.680. The molecule has 1 heterocycles. The van der Waals surface area contributed by atoms with E-state index in [1.165, 1.54) is 0 Å². The smallest absolute Gasteiger partial charge is 0.414 e. The molecule has 0 aromatic heterocycles. The van der Waals surface area contributed by atoms with E-state index < -0.39 is 0 Å². The summed E-state index contributed by atoms with van der Waals surface area (Å²) in [6.07, 6.45) is -0.446. The lowest BCUT2D eigenvalue weighted by molar-refractivity contribution is -0.873. The molecule has 4 nitrogen and oxygen atoms in total. The van der Waals surface area contributed by atoms with Crippen LogP contribution < -0.4 is 17.3 Å². The summed E-state index contributed by atoms with van der Waals surface area (Å²) in [4.78, 5) is 13.5. The second kappa shape index (κ2) is 6.39. The minimum atomic E-state index is -0.336. The normalized spacial score (nSPS) is 18.8. The number of nitrogens with zero attached hydrogens (tertiary/aromatic N) is 2. The molecule has 112 valence electrons. The number of hydrogen-bond acceptors (Lipinski definition) is 2. The first-order valence-electron chi connectivity index (χ1n) is 6.00. The molecule has 0 bridgehead atoms. The summed E-state index contributed by atoms with van der Waals surface area (Å²) in [6, 6.07) is 5.13. The molecule has 7 heteroatoms. The molecule has 1 aliphatic heterocycles. The lowest BCUT2D eigenvalue weighted by Gasteiger charge is -2.26. The highest BCUT2D eigenvalue weighted by Crippen LogP contribution is 2.29. The Morgan fingerprint density at radius 3 is 2.50 bits per heavy atom. The Labute approximate surface area is 135 Å². The van der Waals surface area contributed by atoms with Gasteiger partial charge < -0.3 is 21.6 Å². The fourth-order valence-corrected chi connectivity index (χ4v) is 2.38. The van der Waals surface area contributed by atoms with E-state index >= 15 is 0 Å². The predicted molar refractivity (Wildman–Crippen MR) is 77.0 cm³/mol. The van der Waals surface area contributed by atoms with E-state index in [4.69, 9.17) is 27.9 Å². The van der Waals surface area contributed by atoms with E-state index in [0.717, 1.165) is 11.0 Å². The van der Waals surface area contributed by atoms with Crippen molar-refractivity contribution in [3.8, 4) is 0 Å². The number of quaternary nitrogens is 1. The largest absolute Gasteiger partial charge is 1.00 e. The van der Waals surface area contributed by atoms with Crippen molar-refractivity contribution in [3.05, 3.63) is 28.2 Å². The zero-order valence-corrected chi connectivity index (χ0v) is 13.8. The van der Waals surface area contributed by atoms with Crippen LogP contribution in [0.15, 0.2) is 18.2 Å². The van der Waals surface area contributed by atoms with E-state index in [0.29, 0.717) is 22.3 Å². The number of hydrogen-bond donors (Lipinski definition) is 0. The van der Waals surface area contributed by atoms with E-state index in [1.54, 1.807) is 23.1 Å². The summed E-state index contributed by atoms with van der Waals surface area (Å²) < 4.78 is 6.11.